The Morgan fingerprint density at radius 1 is 0.344 bits per heavy atom. The topological polar surface area (TPSA) is 78.9 Å². The molecule has 0 fully saturated rings. The van der Waals surface area contributed by atoms with Crippen LogP contribution < -0.4 is 0 Å². The van der Waals surface area contributed by atoms with Crippen LogP contribution >= 0.6 is 0 Å². The van der Waals surface area contributed by atoms with Crippen molar-refractivity contribution >= 4 is 17.9 Å². The second-order valence-corrected chi connectivity index (χ2v) is 17.0. The first kappa shape index (κ1) is 60.3. The summed E-state index contributed by atoms with van der Waals surface area (Å²) < 4.78 is 16.6. The molecular weight excluding hydrogens is 793 g/mol. The van der Waals surface area contributed by atoms with Gasteiger partial charge in [-0.05, 0) is 77.0 Å². The van der Waals surface area contributed by atoms with E-state index in [1.54, 1.807) is 6.08 Å². The molecule has 0 spiro atoms. The molecule has 64 heavy (non-hydrogen) atoms. The molecule has 1 atom stereocenters. The molecule has 6 heteroatoms. The van der Waals surface area contributed by atoms with E-state index in [-0.39, 0.29) is 31.6 Å². The first-order valence-electron chi connectivity index (χ1n) is 26.2. The zero-order valence-corrected chi connectivity index (χ0v) is 41.5. The van der Waals surface area contributed by atoms with Gasteiger partial charge in [0.1, 0.15) is 13.2 Å². The summed E-state index contributed by atoms with van der Waals surface area (Å²) in [5.74, 6) is -1.08. The van der Waals surface area contributed by atoms with E-state index >= 15 is 0 Å². The molecule has 0 rings (SSSR count). The van der Waals surface area contributed by atoms with Crippen molar-refractivity contribution in [2.45, 2.75) is 239 Å². The van der Waals surface area contributed by atoms with Crippen LogP contribution in [0.25, 0.3) is 0 Å². The lowest BCUT2D eigenvalue weighted by Gasteiger charge is -2.18. The predicted octanol–water partition coefficient (Wildman–Crippen LogP) is 17.4. The molecule has 0 aromatic rings. The van der Waals surface area contributed by atoms with Gasteiger partial charge in [-0.1, -0.05) is 234 Å². The van der Waals surface area contributed by atoms with Crippen molar-refractivity contribution in [2.24, 2.45) is 0 Å². The minimum atomic E-state index is -0.825. The van der Waals surface area contributed by atoms with Crippen molar-refractivity contribution in [3.8, 4) is 0 Å². The fraction of sp³-hybridized carbons (Fsp3) is 0.672. The van der Waals surface area contributed by atoms with E-state index in [2.05, 4.69) is 106 Å². The number of unbranched alkanes of at least 4 members (excludes halogenated alkanes) is 20. The number of ether oxygens (including phenoxy) is 3. The largest absolute Gasteiger partial charge is 0.462 e. The van der Waals surface area contributed by atoms with Gasteiger partial charge in [-0.3, -0.25) is 14.4 Å². The average molecular weight is 889 g/mol. The molecule has 0 aromatic carbocycles. The first-order chi connectivity index (χ1) is 31.5. The van der Waals surface area contributed by atoms with E-state index in [4.69, 9.17) is 14.2 Å². The summed E-state index contributed by atoms with van der Waals surface area (Å²) in [6.45, 7) is 6.28. The van der Waals surface area contributed by atoms with Crippen LogP contribution in [0.5, 0.6) is 0 Å². The second-order valence-electron chi connectivity index (χ2n) is 17.0. The van der Waals surface area contributed by atoms with Crippen molar-refractivity contribution in [1.82, 2.24) is 0 Å². The lowest BCUT2D eigenvalue weighted by atomic mass is 10.0. The Morgan fingerprint density at radius 3 is 1.09 bits per heavy atom. The number of rotatable bonds is 46. The highest BCUT2D eigenvalue weighted by Crippen LogP contribution is 2.15. The quantitative estimate of drug-likeness (QED) is 0.0262. The van der Waals surface area contributed by atoms with E-state index in [0.717, 1.165) is 96.3 Å². The molecule has 0 aliphatic carbocycles. The summed E-state index contributed by atoms with van der Waals surface area (Å²) in [5, 5.41) is 0. The Labute approximate surface area is 394 Å². The van der Waals surface area contributed by atoms with Gasteiger partial charge >= 0.3 is 17.9 Å². The SMILES string of the molecule is CC/C=C\C/C=C\C/C=C\C/C=C\C/C=C\CCCCCC(=O)OCC(COC(=O)C/C=C\C/C=C\C/C=C\CC)OC(=O)CCCCCCCCCCCCCCCCCCCC. The van der Waals surface area contributed by atoms with E-state index in [9.17, 15) is 14.4 Å². The molecule has 0 saturated heterocycles. The maximum atomic E-state index is 12.8. The molecule has 0 amide bonds. The van der Waals surface area contributed by atoms with Crippen LogP contribution in [-0.2, 0) is 28.6 Å². The van der Waals surface area contributed by atoms with Crippen molar-refractivity contribution < 1.29 is 28.6 Å². The van der Waals surface area contributed by atoms with E-state index in [1.807, 2.05) is 6.08 Å². The minimum Gasteiger partial charge on any atom is -0.462 e. The average Bonchev–Trinajstić information content (AvgIpc) is 3.29. The molecule has 0 aromatic heterocycles. The molecule has 0 heterocycles. The molecule has 0 N–H and O–H groups in total. The number of carbonyl (C=O) groups is 3. The van der Waals surface area contributed by atoms with Crippen molar-refractivity contribution in [3.05, 3.63) is 97.2 Å². The van der Waals surface area contributed by atoms with Crippen LogP contribution in [0.3, 0.4) is 0 Å². The first-order valence-corrected chi connectivity index (χ1v) is 26.2. The zero-order chi connectivity index (χ0) is 46.5. The van der Waals surface area contributed by atoms with Gasteiger partial charge in [-0.15, -0.1) is 0 Å². The molecule has 0 aliphatic heterocycles. The summed E-state index contributed by atoms with van der Waals surface area (Å²) in [6, 6.07) is 0. The van der Waals surface area contributed by atoms with Gasteiger partial charge in [0.2, 0.25) is 0 Å². The molecule has 0 saturated carbocycles. The standard InChI is InChI=1S/C58H96O6/c1-4-7-10-13-16-19-21-23-25-27-29-31-32-34-36-39-42-45-48-51-57(60)63-54-55(53-62-56(59)50-47-44-41-38-18-15-12-9-6-3)64-58(61)52-49-46-43-40-37-35-33-30-28-26-24-22-20-17-14-11-8-5-2/h7,9-10,12,16,18-19,23,25,29,31,34,36,38,44,47,55H,4-6,8,11,13-15,17,20-22,24,26-28,30,32-33,35,37,39-43,45-46,48-54H2,1-3H3/b10-7-,12-9-,19-16-,25-23-,31-29-,36-34-,38-18-,47-44-. The molecule has 0 bridgehead atoms. The third-order valence-corrected chi connectivity index (χ3v) is 10.9. The number of hydrogen-bond acceptors (Lipinski definition) is 6. The summed E-state index contributed by atoms with van der Waals surface area (Å²) in [4.78, 5) is 37.8. The van der Waals surface area contributed by atoms with E-state index in [1.165, 1.54) is 96.3 Å². The molecule has 6 nitrogen and oxygen atoms in total. The lowest BCUT2D eigenvalue weighted by molar-refractivity contribution is -0.166. The number of carbonyl (C=O) groups excluding carboxylic acids is 3. The Kier molecular flexibility index (Phi) is 49.0. The summed E-state index contributed by atoms with van der Waals surface area (Å²) >= 11 is 0. The molecule has 0 radical (unpaired) electrons. The van der Waals surface area contributed by atoms with Crippen molar-refractivity contribution in [1.29, 1.82) is 0 Å². The Hall–Kier alpha value is -3.67. The van der Waals surface area contributed by atoms with Gasteiger partial charge in [-0.2, -0.15) is 0 Å². The van der Waals surface area contributed by atoms with Crippen LogP contribution in [0.15, 0.2) is 97.2 Å². The smallest absolute Gasteiger partial charge is 0.309 e. The fourth-order valence-corrected chi connectivity index (χ4v) is 7.00. The highest BCUT2D eigenvalue weighted by molar-refractivity contribution is 5.72. The van der Waals surface area contributed by atoms with Crippen molar-refractivity contribution in [2.75, 3.05) is 13.2 Å². The summed E-state index contributed by atoms with van der Waals surface area (Å²) in [5.41, 5.74) is 0. The zero-order valence-electron chi connectivity index (χ0n) is 41.5. The fourth-order valence-electron chi connectivity index (χ4n) is 7.00. The number of esters is 3. The predicted molar refractivity (Wildman–Crippen MR) is 274 cm³/mol. The van der Waals surface area contributed by atoms with Gasteiger partial charge in [0.25, 0.3) is 0 Å². The maximum Gasteiger partial charge on any atom is 0.309 e. The van der Waals surface area contributed by atoms with Gasteiger partial charge in [0, 0.05) is 12.8 Å². The second kappa shape index (κ2) is 52.0. The molecule has 364 valence electrons. The number of hydrogen-bond donors (Lipinski definition) is 0. The number of allylic oxidation sites excluding steroid dienone is 15. The van der Waals surface area contributed by atoms with Crippen LogP contribution in [0.4, 0.5) is 0 Å². The van der Waals surface area contributed by atoms with Crippen LogP contribution in [-0.4, -0.2) is 37.2 Å². The third-order valence-electron chi connectivity index (χ3n) is 10.9. The van der Waals surface area contributed by atoms with E-state index in [0.29, 0.717) is 12.8 Å². The van der Waals surface area contributed by atoms with Gasteiger partial charge < -0.3 is 14.2 Å². The van der Waals surface area contributed by atoms with Crippen LogP contribution in [0.1, 0.15) is 233 Å². The van der Waals surface area contributed by atoms with Crippen molar-refractivity contribution in [3.63, 3.8) is 0 Å². The van der Waals surface area contributed by atoms with E-state index < -0.39 is 12.1 Å². The maximum absolute atomic E-state index is 12.8. The van der Waals surface area contributed by atoms with Crippen LogP contribution in [0, 0.1) is 0 Å². The Morgan fingerprint density at radius 2 is 0.672 bits per heavy atom. The highest BCUT2D eigenvalue weighted by Gasteiger charge is 2.19. The Balaban J connectivity index is 4.41. The highest BCUT2D eigenvalue weighted by atomic mass is 16.6. The molecular formula is C58H96O6. The van der Waals surface area contributed by atoms with Gasteiger partial charge in [0.05, 0.1) is 6.42 Å². The minimum absolute atomic E-state index is 0.121. The lowest BCUT2D eigenvalue weighted by Crippen LogP contribution is -2.30. The summed E-state index contributed by atoms with van der Waals surface area (Å²) in [7, 11) is 0. The summed E-state index contributed by atoms with van der Waals surface area (Å²) in [6.07, 6.45) is 68.6. The normalized spacial score (nSPS) is 12.9. The molecule has 0 aliphatic rings. The van der Waals surface area contributed by atoms with Gasteiger partial charge in [0.15, 0.2) is 6.10 Å². The van der Waals surface area contributed by atoms with Crippen LogP contribution in [0.2, 0.25) is 0 Å². The molecule has 1 unspecified atom stereocenters. The third kappa shape index (κ3) is 49.3. The Bertz CT molecular complexity index is 1300. The van der Waals surface area contributed by atoms with Gasteiger partial charge in [-0.25, -0.2) is 0 Å². The monoisotopic (exact) mass is 889 g/mol.